The number of rotatable bonds is 4. The maximum atomic E-state index is 5.76. The molecule has 0 saturated carbocycles. The van der Waals surface area contributed by atoms with Crippen molar-refractivity contribution in [1.29, 1.82) is 0 Å². The second-order valence-electron chi connectivity index (χ2n) is 5.39. The molecule has 3 aromatic carbocycles. The molecular formula is C22H23NO2. The zero-order chi connectivity index (χ0) is 17.6. The van der Waals surface area contributed by atoms with Crippen molar-refractivity contribution in [2.24, 2.45) is 0 Å². The number of ether oxygens (including phenoxy) is 2. The lowest BCUT2D eigenvalue weighted by molar-refractivity contribution is 0.0511. The van der Waals surface area contributed by atoms with E-state index < -0.39 is 0 Å². The van der Waals surface area contributed by atoms with Gasteiger partial charge in [0.2, 0.25) is 0 Å². The molecule has 0 fully saturated rings. The van der Waals surface area contributed by atoms with Crippen LogP contribution in [0.4, 0.5) is 0 Å². The first-order valence-corrected chi connectivity index (χ1v) is 8.59. The van der Waals surface area contributed by atoms with Gasteiger partial charge in [0.05, 0.1) is 16.7 Å². The van der Waals surface area contributed by atoms with Crippen molar-refractivity contribution < 1.29 is 9.47 Å². The van der Waals surface area contributed by atoms with Crippen LogP contribution in [0.15, 0.2) is 72.8 Å². The SMILES string of the molecule is CC.COCOc1ccccc1-n1c2ccccc2c2ccccc21. The van der Waals surface area contributed by atoms with E-state index in [0.717, 1.165) is 11.4 Å². The Kier molecular flexibility index (Phi) is 5.36. The third-order valence-electron chi connectivity index (χ3n) is 4.02. The van der Waals surface area contributed by atoms with E-state index in [1.807, 2.05) is 32.0 Å². The molecule has 0 radical (unpaired) electrons. The van der Waals surface area contributed by atoms with Gasteiger partial charge in [0.1, 0.15) is 5.75 Å². The van der Waals surface area contributed by atoms with Gasteiger partial charge in [0, 0.05) is 17.9 Å². The van der Waals surface area contributed by atoms with Crippen LogP contribution in [0.5, 0.6) is 5.75 Å². The molecule has 4 rings (SSSR count). The molecular weight excluding hydrogens is 310 g/mol. The molecule has 128 valence electrons. The lowest BCUT2D eigenvalue weighted by atomic mass is 10.2. The van der Waals surface area contributed by atoms with E-state index in [2.05, 4.69) is 59.2 Å². The summed E-state index contributed by atoms with van der Waals surface area (Å²) in [7, 11) is 1.63. The smallest absolute Gasteiger partial charge is 0.188 e. The van der Waals surface area contributed by atoms with Gasteiger partial charge in [-0.1, -0.05) is 62.4 Å². The molecule has 0 aliphatic rings. The van der Waals surface area contributed by atoms with Gasteiger partial charge >= 0.3 is 0 Å². The topological polar surface area (TPSA) is 23.4 Å². The number of para-hydroxylation sites is 4. The van der Waals surface area contributed by atoms with Crippen molar-refractivity contribution in [3.63, 3.8) is 0 Å². The van der Waals surface area contributed by atoms with Gasteiger partial charge in [0.25, 0.3) is 0 Å². The molecule has 0 saturated heterocycles. The standard InChI is InChI=1S/C20H17NO2.C2H6/c1-22-14-23-20-13-7-6-12-19(20)21-17-10-4-2-8-15(17)16-9-3-5-11-18(16)21;1-2/h2-13H,14H2,1H3;1-2H3. The van der Waals surface area contributed by atoms with Crippen molar-refractivity contribution in [3.05, 3.63) is 72.8 Å². The summed E-state index contributed by atoms with van der Waals surface area (Å²) in [6, 6.07) is 24.9. The summed E-state index contributed by atoms with van der Waals surface area (Å²) in [4.78, 5) is 0. The van der Waals surface area contributed by atoms with Crippen molar-refractivity contribution in [3.8, 4) is 11.4 Å². The third kappa shape index (κ3) is 3.11. The summed E-state index contributed by atoms with van der Waals surface area (Å²) in [6.45, 7) is 4.23. The predicted molar refractivity (Wildman–Crippen MR) is 105 cm³/mol. The van der Waals surface area contributed by atoms with Crippen LogP contribution >= 0.6 is 0 Å². The minimum Gasteiger partial charge on any atom is -0.465 e. The summed E-state index contributed by atoms with van der Waals surface area (Å²) in [5, 5.41) is 2.48. The molecule has 1 heterocycles. The summed E-state index contributed by atoms with van der Waals surface area (Å²) >= 11 is 0. The van der Waals surface area contributed by atoms with E-state index in [4.69, 9.17) is 9.47 Å². The van der Waals surface area contributed by atoms with E-state index in [9.17, 15) is 0 Å². The van der Waals surface area contributed by atoms with Crippen molar-refractivity contribution in [1.82, 2.24) is 4.57 Å². The number of methoxy groups -OCH3 is 1. The number of fused-ring (bicyclic) bond motifs is 3. The molecule has 25 heavy (non-hydrogen) atoms. The van der Waals surface area contributed by atoms with Crippen molar-refractivity contribution >= 4 is 21.8 Å². The normalized spacial score (nSPS) is 10.5. The summed E-state index contributed by atoms with van der Waals surface area (Å²) in [5.74, 6) is 0.806. The largest absolute Gasteiger partial charge is 0.465 e. The quantitative estimate of drug-likeness (QED) is 0.441. The first-order chi connectivity index (χ1) is 12.4. The van der Waals surface area contributed by atoms with Crippen LogP contribution in [0.2, 0.25) is 0 Å². The van der Waals surface area contributed by atoms with Gasteiger partial charge in [-0.15, -0.1) is 0 Å². The lowest BCUT2D eigenvalue weighted by Crippen LogP contribution is -2.03. The average Bonchev–Trinajstić information content (AvgIpc) is 3.03. The Bertz CT molecular complexity index is 919. The molecule has 0 aliphatic carbocycles. The second kappa shape index (κ2) is 7.86. The first-order valence-electron chi connectivity index (χ1n) is 8.59. The van der Waals surface area contributed by atoms with Gasteiger partial charge in [-0.25, -0.2) is 0 Å². The molecule has 0 spiro atoms. The van der Waals surface area contributed by atoms with Gasteiger partial charge < -0.3 is 14.0 Å². The number of hydrogen-bond acceptors (Lipinski definition) is 2. The van der Waals surface area contributed by atoms with Crippen LogP contribution in [0.1, 0.15) is 13.8 Å². The van der Waals surface area contributed by atoms with E-state index >= 15 is 0 Å². The Morgan fingerprint density at radius 3 is 1.84 bits per heavy atom. The highest BCUT2D eigenvalue weighted by Gasteiger charge is 2.14. The highest BCUT2D eigenvalue weighted by molar-refractivity contribution is 6.09. The van der Waals surface area contributed by atoms with Crippen LogP contribution in [0.3, 0.4) is 0 Å². The van der Waals surface area contributed by atoms with Crippen LogP contribution in [0.25, 0.3) is 27.5 Å². The second-order valence-corrected chi connectivity index (χ2v) is 5.39. The Labute approximate surface area is 148 Å². The molecule has 0 N–H and O–H groups in total. The van der Waals surface area contributed by atoms with E-state index in [1.54, 1.807) is 7.11 Å². The van der Waals surface area contributed by atoms with Crippen LogP contribution in [-0.2, 0) is 4.74 Å². The van der Waals surface area contributed by atoms with Crippen molar-refractivity contribution in [2.75, 3.05) is 13.9 Å². The Balaban J connectivity index is 0.000000880. The van der Waals surface area contributed by atoms with Gasteiger partial charge in [-0.05, 0) is 24.3 Å². The molecule has 0 amide bonds. The lowest BCUT2D eigenvalue weighted by Gasteiger charge is -2.13. The zero-order valence-corrected chi connectivity index (χ0v) is 14.9. The minimum atomic E-state index is 0.230. The Hall–Kier alpha value is -2.78. The predicted octanol–water partition coefficient (Wildman–Crippen LogP) is 5.79. The molecule has 0 bridgehead atoms. The van der Waals surface area contributed by atoms with Gasteiger partial charge in [-0.2, -0.15) is 0 Å². The summed E-state index contributed by atoms with van der Waals surface area (Å²) in [6.07, 6.45) is 0. The number of aromatic nitrogens is 1. The first kappa shape index (κ1) is 17.1. The minimum absolute atomic E-state index is 0.230. The molecule has 0 atom stereocenters. The van der Waals surface area contributed by atoms with Crippen molar-refractivity contribution in [2.45, 2.75) is 13.8 Å². The highest BCUT2D eigenvalue weighted by Crippen LogP contribution is 2.34. The molecule has 3 heteroatoms. The molecule has 1 aromatic heterocycles. The Morgan fingerprint density at radius 1 is 0.720 bits per heavy atom. The zero-order valence-electron chi connectivity index (χ0n) is 14.9. The highest BCUT2D eigenvalue weighted by atomic mass is 16.7. The molecule has 4 aromatic rings. The van der Waals surface area contributed by atoms with Crippen LogP contribution < -0.4 is 4.74 Å². The molecule has 0 unspecified atom stereocenters. The monoisotopic (exact) mass is 333 g/mol. The fraction of sp³-hybridized carbons (Fsp3) is 0.182. The van der Waals surface area contributed by atoms with E-state index in [0.29, 0.717) is 0 Å². The maximum absolute atomic E-state index is 5.76. The van der Waals surface area contributed by atoms with Gasteiger partial charge in [0.15, 0.2) is 6.79 Å². The number of nitrogens with zero attached hydrogens (tertiary/aromatic N) is 1. The van der Waals surface area contributed by atoms with Crippen LogP contribution in [-0.4, -0.2) is 18.5 Å². The third-order valence-corrected chi connectivity index (χ3v) is 4.02. The summed E-state index contributed by atoms with van der Waals surface area (Å²) in [5.41, 5.74) is 3.35. The fourth-order valence-corrected chi connectivity index (χ4v) is 3.07. The van der Waals surface area contributed by atoms with Crippen LogP contribution in [0, 0.1) is 0 Å². The van der Waals surface area contributed by atoms with Gasteiger partial charge in [-0.3, -0.25) is 0 Å². The average molecular weight is 333 g/mol. The Morgan fingerprint density at radius 2 is 1.24 bits per heavy atom. The molecule has 0 aliphatic heterocycles. The summed E-state index contributed by atoms with van der Waals surface area (Å²) < 4.78 is 13.1. The van der Waals surface area contributed by atoms with E-state index in [-0.39, 0.29) is 6.79 Å². The number of benzene rings is 3. The fourth-order valence-electron chi connectivity index (χ4n) is 3.07. The van der Waals surface area contributed by atoms with E-state index in [1.165, 1.54) is 21.8 Å². The maximum Gasteiger partial charge on any atom is 0.188 e. The number of hydrogen-bond donors (Lipinski definition) is 0. The molecule has 3 nitrogen and oxygen atoms in total.